The molecule has 0 bridgehead atoms. The number of hydrogen-bond acceptors (Lipinski definition) is 11. The first kappa shape index (κ1) is 28.6. The lowest BCUT2D eigenvalue weighted by molar-refractivity contribution is 0.193. The van der Waals surface area contributed by atoms with Crippen LogP contribution in [0.25, 0.3) is 11.6 Å². The van der Waals surface area contributed by atoms with E-state index in [9.17, 15) is 5.26 Å². The lowest BCUT2D eigenvalue weighted by Gasteiger charge is -2.39. The van der Waals surface area contributed by atoms with Gasteiger partial charge in [-0.3, -0.25) is 0 Å². The zero-order valence-corrected chi connectivity index (χ0v) is 26.3. The number of ether oxygens (including phenoxy) is 1. The highest BCUT2D eigenvalue weighted by molar-refractivity contribution is 7.16. The van der Waals surface area contributed by atoms with Gasteiger partial charge >= 0.3 is 0 Å². The van der Waals surface area contributed by atoms with E-state index in [-0.39, 0.29) is 11.5 Å². The predicted molar refractivity (Wildman–Crippen MR) is 168 cm³/mol. The van der Waals surface area contributed by atoms with E-state index >= 15 is 0 Å². The van der Waals surface area contributed by atoms with Gasteiger partial charge in [0.05, 0.1) is 11.3 Å². The molecule has 3 fully saturated rings. The molecule has 1 spiro atoms. The molecule has 3 atom stereocenters. The Labute approximate surface area is 257 Å². The van der Waals surface area contributed by atoms with Crippen molar-refractivity contribution in [3.63, 3.8) is 0 Å². The van der Waals surface area contributed by atoms with Crippen molar-refractivity contribution in [3.8, 4) is 23.5 Å². The van der Waals surface area contributed by atoms with Gasteiger partial charge in [0.2, 0.25) is 17.5 Å². The minimum absolute atomic E-state index is 0.0217. The molecule has 0 unspecified atom stereocenters. The van der Waals surface area contributed by atoms with Crippen LogP contribution < -0.4 is 20.7 Å². The number of piperazine rings is 1. The first-order valence-corrected chi connectivity index (χ1v) is 16.7. The predicted octanol–water partition coefficient (Wildman–Crippen LogP) is 4.87. The number of nitrogens with zero attached hydrogens (tertiary/aromatic N) is 6. The lowest BCUT2D eigenvalue weighted by Crippen LogP contribution is -2.57. The summed E-state index contributed by atoms with van der Waals surface area (Å²) in [5, 5.41) is 19.0. The number of aromatic nitrogens is 3. The van der Waals surface area contributed by atoms with Crippen LogP contribution >= 0.6 is 11.3 Å². The minimum Gasteiger partial charge on any atom is -0.476 e. The molecular weight excluding hydrogens is 560 g/mol. The number of anilines is 2. The molecule has 0 radical (unpaired) electrons. The molecule has 10 nitrogen and oxygen atoms in total. The van der Waals surface area contributed by atoms with Gasteiger partial charge < -0.3 is 30.1 Å². The van der Waals surface area contributed by atoms with Gasteiger partial charge in [-0.2, -0.15) is 10.2 Å². The summed E-state index contributed by atoms with van der Waals surface area (Å²) in [6, 6.07) is 5.13. The second-order valence-corrected chi connectivity index (χ2v) is 14.2. The molecule has 3 N–H and O–H groups in total. The molecule has 5 heterocycles. The Balaban J connectivity index is 1.28. The first-order chi connectivity index (χ1) is 20.9. The number of aryl methyl sites for hydroxylation is 1. The molecule has 4 aliphatic rings. The van der Waals surface area contributed by atoms with Gasteiger partial charge in [0.25, 0.3) is 0 Å². The van der Waals surface area contributed by atoms with Gasteiger partial charge in [-0.15, -0.1) is 11.3 Å². The number of nitrogens with two attached hydrogens (primary N) is 1. The van der Waals surface area contributed by atoms with Gasteiger partial charge in [0.15, 0.2) is 0 Å². The summed E-state index contributed by atoms with van der Waals surface area (Å²) in [4.78, 5) is 16.0. The zero-order chi connectivity index (χ0) is 29.7. The van der Waals surface area contributed by atoms with Gasteiger partial charge in [0.1, 0.15) is 23.5 Å². The molecule has 228 valence electrons. The van der Waals surface area contributed by atoms with Crippen molar-refractivity contribution in [1.82, 2.24) is 25.3 Å². The third-order valence-electron chi connectivity index (χ3n) is 9.76. The van der Waals surface area contributed by atoms with Crippen LogP contribution in [0.15, 0.2) is 10.6 Å². The Kier molecular flexibility index (Phi) is 7.56. The summed E-state index contributed by atoms with van der Waals surface area (Å²) in [6.07, 6.45) is 9.30. The average Bonchev–Trinajstić information content (AvgIpc) is 3.29. The van der Waals surface area contributed by atoms with Crippen LogP contribution in [0.3, 0.4) is 0 Å². The Morgan fingerprint density at radius 2 is 2.14 bits per heavy atom. The van der Waals surface area contributed by atoms with Crippen molar-refractivity contribution in [3.05, 3.63) is 33.3 Å². The fourth-order valence-electron chi connectivity index (χ4n) is 7.45. The highest BCUT2D eigenvalue weighted by Crippen LogP contribution is 2.47. The molecule has 2 saturated heterocycles. The quantitative estimate of drug-likeness (QED) is 0.368. The first-order valence-electron chi connectivity index (χ1n) is 15.9. The van der Waals surface area contributed by atoms with Crippen molar-refractivity contribution in [2.75, 3.05) is 43.9 Å². The molecular formula is C32H42N8O2S. The van der Waals surface area contributed by atoms with Crippen LogP contribution in [0, 0.1) is 11.3 Å². The van der Waals surface area contributed by atoms with E-state index in [0.29, 0.717) is 46.7 Å². The maximum absolute atomic E-state index is 9.96. The van der Waals surface area contributed by atoms with Crippen LogP contribution in [0.5, 0.6) is 5.88 Å². The number of likely N-dealkylation sites (N-methyl/N-ethyl adjacent to an activating group) is 1. The molecule has 2 aliphatic carbocycles. The smallest absolute Gasteiger partial charge is 0.219 e. The summed E-state index contributed by atoms with van der Waals surface area (Å²) in [5.41, 5.74) is 10.0. The van der Waals surface area contributed by atoms with Gasteiger partial charge in [0, 0.05) is 53.1 Å². The number of rotatable bonds is 8. The third kappa shape index (κ3) is 5.38. The van der Waals surface area contributed by atoms with Crippen LogP contribution in [0.4, 0.5) is 10.8 Å². The van der Waals surface area contributed by atoms with Gasteiger partial charge in [-0.05, 0) is 77.4 Å². The molecule has 1 saturated carbocycles. The van der Waals surface area contributed by atoms with Crippen LogP contribution in [0.2, 0.25) is 0 Å². The van der Waals surface area contributed by atoms with E-state index < -0.39 is 0 Å². The van der Waals surface area contributed by atoms with Crippen LogP contribution in [-0.4, -0.2) is 70.9 Å². The number of nitrogens with one attached hydrogen (secondary N) is 1. The largest absolute Gasteiger partial charge is 0.476 e. The fraction of sp³-hybridized carbons (Fsp3) is 0.625. The normalized spacial score (nSPS) is 24.7. The maximum Gasteiger partial charge on any atom is 0.219 e. The summed E-state index contributed by atoms with van der Waals surface area (Å²) in [6.45, 7) is 7.89. The SMILES string of the molecule is CCCc1c([C@H]2CCCc3sc(N)c(C#N)c32)noc1-c1nc(OC[C@@H]2CCCN2C)cc(N2C[C@H](C)NC3(CC3)C2)n1. The van der Waals surface area contributed by atoms with E-state index in [1.807, 2.05) is 6.07 Å². The molecule has 3 aromatic rings. The lowest BCUT2D eigenvalue weighted by atomic mass is 9.81. The fourth-order valence-corrected chi connectivity index (χ4v) is 8.58. The van der Waals surface area contributed by atoms with Crippen molar-refractivity contribution in [2.24, 2.45) is 0 Å². The number of nitriles is 1. The highest BCUT2D eigenvalue weighted by Gasteiger charge is 2.48. The Bertz CT molecular complexity index is 1540. The molecule has 3 aromatic heterocycles. The van der Waals surface area contributed by atoms with Crippen molar-refractivity contribution in [2.45, 2.75) is 95.2 Å². The summed E-state index contributed by atoms with van der Waals surface area (Å²) in [5.74, 6) is 2.56. The number of fused-ring (bicyclic) bond motifs is 1. The molecule has 2 aliphatic heterocycles. The molecule has 7 rings (SSSR count). The van der Waals surface area contributed by atoms with Crippen molar-refractivity contribution >= 4 is 22.2 Å². The minimum atomic E-state index is -0.0217. The van der Waals surface area contributed by atoms with E-state index in [1.165, 1.54) is 24.1 Å². The summed E-state index contributed by atoms with van der Waals surface area (Å²) in [7, 11) is 2.16. The second-order valence-electron chi connectivity index (χ2n) is 13.0. The zero-order valence-electron chi connectivity index (χ0n) is 25.5. The van der Waals surface area contributed by atoms with Crippen LogP contribution in [0.1, 0.15) is 92.0 Å². The Hall–Kier alpha value is -3.20. The third-order valence-corrected chi connectivity index (χ3v) is 10.9. The number of likely N-dealkylation sites (tertiary alicyclic amines) is 1. The number of nitrogen functional groups attached to an aromatic ring is 1. The standard InChI is InChI=1S/C32H42N8O2S/c1-4-7-22-28(21-9-5-10-24-27(21)23(15-33)30(34)43-24)38-42-29(22)31-35-25(40-16-19(2)37-32(18-40)11-12-32)14-26(36-31)41-17-20-8-6-13-39(20)3/h14,19-21,37H,4-13,16-18,34H2,1-3H3/t19-,20-,21-/m0/s1. The van der Waals surface area contributed by atoms with E-state index in [4.69, 9.17) is 25.0 Å². The van der Waals surface area contributed by atoms with Gasteiger partial charge in [-0.1, -0.05) is 18.5 Å². The Morgan fingerprint density at radius 1 is 1.28 bits per heavy atom. The van der Waals surface area contributed by atoms with Crippen LogP contribution in [-0.2, 0) is 12.8 Å². The van der Waals surface area contributed by atoms with E-state index in [1.54, 1.807) is 11.3 Å². The monoisotopic (exact) mass is 602 g/mol. The van der Waals surface area contributed by atoms with E-state index in [2.05, 4.69) is 47.2 Å². The summed E-state index contributed by atoms with van der Waals surface area (Å²) < 4.78 is 12.6. The number of thiophene rings is 1. The number of hydrogen-bond donors (Lipinski definition) is 2. The van der Waals surface area contributed by atoms with Gasteiger partial charge in [-0.25, -0.2) is 4.98 Å². The van der Waals surface area contributed by atoms with E-state index in [0.717, 1.165) is 80.8 Å². The Morgan fingerprint density at radius 3 is 2.88 bits per heavy atom. The molecule has 0 amide bonds. The van der Waals surface area contributed by atoms with Crippen molar-refractivity contribution in [1.29, 1.82) is 5.26 Å². The highest BCUT2D eigenvalue weighted by atomic mass is 32.1. The average molecular weight is 603 g/mol. The maximum atomic E-state index is 9.96. The molecule has 43 heavy (non-hydrogen) atoms. The molecule has 0 aromatic carbocycles. The second kappa shape index (κ2) is 11.4. The van der Waals surface area contributed by atoms with Crippen molar-refractivity contribution < 1.29 is 9.26 Å². The molecule has 11 heteroatoms. The topological polar surface area (TPSA) is 129 Å². The summed E-state index contributed by atoms with van der Waals surface area (Å²) >= 11 is 1.54.